The highest BCUT2D eigenvalue weighted by Gasteiger charge is 2.17. The average Bonchev–Trinajstić information content (AvgIpc) is 2.53. The van der Waals surface area contributed by atoms with Crippen LogP contribution in [0.25, 0.3) is 10.9 Å². The first-order valence-electron chi connectivity index (χ1n) is 8.35. The van der Waals surface area contributed by atoms with E-state index in [0.717, 1.165) is 36.1 Å². The van der Waals surface area contributed by atoms with Gasteiger partial charge in [-0.15, -0.1) is 0 Å². The lowest BCUT2D eigenvalue weighted by Crippen LogP contribution is -2.40. The van der Waals surface area contributed by atoms with Gasteiger partial charge in [-0.05, 0) is 37.7 Å². The number of nitrogens with one attached hydrogen (secondary N) is 1. The van der Waals surface area contributed by atoms with Gasteiger partial charge < -0.3 is 5.32 Å². The predicted octanol–water partition coefficient (Wildman–Crippen LogP) is 5.81. The van der Waals surface area contributed by atoms with Gasteiger partial charge in [-0.3, -0.25) is 9.88 Å². The van der Waals surface area contributed by atoms with Crippen LogP contribution in [0.3, 0.4) is 0 Å². The molecule has 2 aromatic rings. The van der Waals surface area contributed by atoms with Crippen LogP contribution in [0.1, 0.15) is 40.0 Å². The van der Waals surface area contributed by atoms with E-state index >= 15 is 0 Å². The molecule has 1 unspecified atom stereocenters. The summed E-state index contributed by atoms with van der Waals surface area (Å²) in [7, 11) is 0. The number of hydrogen-bond acceptors (Lipinski definition) is 3. The topological polar surface area (TPSA) is 28.2 Å². The van der Waals surface area contributed by atoms with E-state index in [0.29, 0.717) is 16.2 Å². The monoisotopic (exact) mass is 353 g/mol. The molecule has 0 aliphatic heterocycles. The van der Waals surface area contributed by atoms with Crippen molar-refractivity contribution >= 4 is 39.8 Å². The third-order valence-corrected chi connectivity index (χ3v) is 4.68. The van der Waals surface area contributed by atoms with Gasteiger partial charge in [0.1, 0.15) is 0 Å². The minimum Gasteiger partial charge on any atom is -0.369 e. The highest BCUT2D eigenvalue weighted by atomic mass is 35.5. The van der Waals surface area contributed by atoms with Crippen molar-refractivity contribution in [3.05, 3.63) is 34.4 Å². The highest BCUT2D eigenvalue weighted by molar-refractivity contribution is 6.39. The molecule has 126 valence electrons. The van der Waals surface area contributed by atoms with Crippen LogP contribution in [0.5, 0.6) is 0 Å². The molecule has 3 nitrogen and oxygen atoms in total. The molecule has 1 aromatic carbocycles. The van der Waals surface area contributed by atoms with Crippen molar-refractivity contribution in [1.29, 1.82) is 0 Å². The van der Waals surface area contributed by atoms with Crippen LogP contribution in [-0.4, -0.2) is 29.1 Å². The van der Waals surface area contributed by atoms with Gasteiger partial charge in [-0.1, -0.05) is 56.8 Å². The van der Waals surface area contributed by atoms with Crippen molar-refractivity contribution in [2.24, 2.45) is 0 Å². The zero-order valence-electron chi connectivity index (χ0n) is 14.1. The van der Waals surface area contributed by atoms with Crippen LogP contribution in [-0.2, 0) is 0 Å². The number of pyridine rings is 1. The zero-order chi connectivity index (χ0) is 16.8. The molecule has 5 heteroatoms. The predicted molar refractivity (Wildman–Crippen MR) is 102 cm³/mol. The van der Waals surface area contributed by atoms with Crippen LogP contribution in [0.2, 0.25) is 10.0 Å². The molecule has 0 amide bonds. The largest absolute Gasteiger partial charge is 0.369 e. The van der Waals surface area contributed by atoms with Crippen LogP contribution in [0, 0.1) is 0 Å². The summed E-state index contributed by atoms with van der Waals surface area (Å²) in [4.78, 5) is 6.83. The molecule has 0 radical (unpaired) electrons. The first-order valence-corrected chi connectivity index (χ1v) is 9.10. The van der Waals surface area contributed by atoms with E-state index in [4.69, 9.17) is 23.2 Å². The van der Waals surface area contributed by atoms with Gasteiger partial charge in [0.05, 0.1) is 16.7 Å². The van der Waals surface area contributed by atoms with Crippen LogP contribution in [0.4, 0.5) is 5.69 Å². The summed E-state index contributed by atoms with van der Waals surface area (Å²) in [6.45, 7) is 8.64. The van der Waals surface area contributed by atoms with Crippen molar-refractivity contribution < 1.29 is 0 Å². The number of fused-ring (bicyclic) bond motifs is 1. The maximum atomic E-state index is 6.42. The fourth-order valence-corrected chi connectivity index (χ4v) is 3.50. The Kier molecular flexibility index (Phi) is 6.94. The molecule has 0 fully saturated rings. The van der Waals surface area contributed by atoms with Crippen molar-refractivity contribution in [1.82, 2.24) is 9.88 Å². The highest BCUT2D eigenvalue weighted by Crippen LogP contribution is 2.33. The fourth-order valence-electron chi connectivity index (χ4n) is 2.91. The summed E-state index contributed by atoms with van der Waals surface area (Å²) in [5.41, 5.74) is 1.84. The lowest BCUT2D eigenvalue weighted by atomic mass is 10.1. The number of rotatable bonds is 8. The number of hydrogen-bond donors (Lipinski definition) is 1. The Hall–Kier alpha value is -1.03. The quantitative estimate of drug-likeness (QED) is 0.606. The SMILES string of the molecule is CCCCC(Nc1ccnc2cc(Cl)cc(Cl)c12)N(CC)CC. The Labute approximate surface area is 149 Å². The van der Waals surface area contributed by atoms with E-state index in [9.17, 15) is 0 Å². The molecule has 1 heterocycles. The second kappa shape index (κ2) is 8.72. The molecule has 0 bridgehead atoms. The standard InChI is InChI=1S/C18H25Cl2N3/c1-4-7-8-17(23(5-2)6-3)22-15-9-10-21-16-12-13(19)11-14(20)18(15)16/h9-12,17H,4-8H2,1-3H3,(H,21,22). The molecule has 1 N–H and O–H groups in total. The van der Waals surface area contributed by atoms with E-state index in [-0.39, 0.29) is 0 Å². The normalized spacial score (nSPS) is 12.8. The second-order valence-corrected chi connectivity index (χ2v) is 6.51. The summed E-state index contributed by atoms with van der Waals surface area (Å²) in [6.07, 6.45) is 5.58. The van der Waals surface area contributed by atoms with E-state index in [1.54, 1.807) is 12.3 Å². The molecule has 0 aliphatic rings. The number of halogens is 2. The molecule has 23 heavy (non-hydrogen) atoms. The third-order valence-electron chi connectivity index (χ3n) is 4.16. The van der Waals surface area contributed by atoms with Crippen molar-refractivity contribution in [2.75, 3.05) is 18.4 Å². The number of anilines is 1. The molecular formula is C18H25Cl2N3. The minimum atomic E-state index is 0.294. The molecule has 1 atom stereocenters. The van der Waals surface area contributed by atoms with Crippen molar-refractivity contribution in [3.8, 4) is 0 Å². The third kappa shape index (κ3) is 4.50. The van der Waals surface area contributed by atoms with Gasteiger partial charge in [-0.25, -0.2) is 0 Å². The van der Waals surface area contributed by atoms with E-state index in [1.807, 2.05) is 12.1 Å². The number of aromatic nitrogens is 1. The molecule has 2 rings (SSSR count). The fraction of sp³-hybridized carbons (Fsp3) is 0.500. The first kappa shape index (κ1) is 18.3. The maximum Gasteiger partial charge on any atom is 0.0793 e. The molecular weight excluding hydrogens is 329 g/mol. The summed E-state index contributed by atoms with van der Waals surface area (Å²) >= 11 is 12.5. The number of benzene rings is 1. The van der Waals surface area contributed by atoms with Crippen LogP contribution in [0.15, 0.2) is 24.4 Å². The lowest BCUT2D eigenvalue weighted by Gasteiger charge is -2.31. The van der Waals surface area contributed by atoms with Crippen molar-refractivity contribution in [3.63, 3.8) is 0 Å². The second-order valence-electron chi connectivity index (χ2n) is 5.66. The Morgan fingerprint density at radius 2 is 1.91 bits per heavy atom. The van der Waals surface area contributed by atoms with Gasteiger partial charge in [0.15, 0.2) is 0 Å². The Morgan fingerprint density at radius 3 is 2.57 bits per heavy atom. The smallest absolute Gasteiger partial charge is 0.0793 e. The molecule has 0 saturated carbocycles. The number of nitrogens with zero attached hydrogens (tertiary/aromatic N) is 2. The van der Waals surface area contributed by atoms with Gasteiger partial charge in [0, 0.05) is 22.3 Å². The Balaban J connectivity index is 2.37. The van der Waals surface area contributed by atoms with Gasteiger partial charge >= 0.3 is 0 Å². The van der Waals surface area contributed by atoms with Crippen LogP contribution >= 0.6 is 23.2 Å². The minimum absolute atomic E-state index is 0.294. The number of unbranched alkanes of at least 4 members (excludes halogenated alkanes) is 1. The van der Waals surface area contributed by atoms with E-state index < -0.39 is 0 Å². The summed E-state index contributed by atoms with van der Waals surface area (Å²) in [5.74, 6) is 0. The Morgan fingerprint density at radius 1 is 1.17 bits per heavy atom. The first-order chi connectivity index (χ1) is 11.1. The summed E-state index contributed by atoms with van der Waals surface area (Å²) < 4.78 is 0. The summed E-state index contributed by atoms with van der Waals surface area (Å²) in [5, 5.41) is 5.86. The lowest BCUT2D eigenvalue weighted by molar-refractivity contribution is 0.225. The Bertz CT molecular complexity index is 641. The summed E-state index contributed by atoms with van der Waals surface area (Å²) in [6, 6.07) is 5.62. The van der Waals surface area contributed by atoms with Crippen LogP contribution < -0.4 is 5.32 Å². The molecule has 0 saturated heterocycles. The molecule has 1 aromatic heterocycles. The zero-order valence-corrected chi connectivity index (χ0v) is 15.6. The van der Waals surface area contributed by atoms with Gasteiger partial charge in [-0.2, -0.15) is 0 Å². The molecule has 0 spiro atoms. The van der Waals surface area contributed by atoms with Crippen molar-refractivity contribution in [2.45, 2.75) is 46.2 Å². The van der Waals surface area contributed by atoms with E-state index in [2.05, 4.69) is 36.0 Å². The maximum absolute atomic E-state index is 6.42. The van der Waals surface area contributed by atoms with E-state index in [1.165, 1.54) is 12.8 Å². The average molecular weight is 354 g/mol. The molecule has 0 aliphatic carbocycles. The van der Waals surface area contributed by atoms with Gasteiger partial charge in [0.2, 0.25) is 0 Å². The van der Waals surface area contributed by atoms with Gasteiger partial charge in [0.25, 0.3) is 0 Å².